The van der Waals surface area contributed by atoms with Crippen LogP contribution < -0.4 is 5.32 Å². The molecule has 1 N–H and O–H groups in total. The van der Waals surface area contributed by atoms with E-state index in [1.54, 1.807) is 12.3 Å². The highest BCUT2D eigenvalue weighted by molar-refractivity contribution is 6.34. The number of aromatic nitrogens is 1. The number of rotatable bonds is 4. The van der Waals surface area contributed by atoms with Crippen LogP contribution in [-0.2, 0) is 0 Å². The van der Waals surface area contributed by atoms with Crippen molar-refractivity contribution in [1.29, 1.82) is 5.26 Å². The average Bonchev–Trinajstić information content (AvgIpc) is 3.11. The van der Waals surface area contributed by atoms with Crippen LogP contribution in [0.25, 0.3) is 0 Å². The van der Waals surface area contributed by atoms with E-state index in [4.69, 9.17) is 16.9 Å². The molecule has 1 saturated carbocycles. The molecule has 1 unspecified atom stereocenters. The van der Waals surface area contributed by atoms with Crippen LogP contribution in [0.4, 0.5) is 5.82 Å². The number of halogens is 1. The van der Waals surface area contributed by atoms with Gasteiger partial charge in [0.2, 0.25) is 0 Å². The number of nitrogens with zero attached hydrogens (tertiary/aromatic N) is 2. The molecule has 2 rings (SSSR count). The van der Waals surface area contributed by atoms with Crippen LogP contribution in [0, 0.1) is 23.2 Å². The van der Waals surface area contributed by atoms with Crippen LogP contribution in [0.1, 0.15) is 25.3 Å². The fourth-order valence-corrected chi connectivity index (χ4v) is 1.96. The summed E-state index contributed by atoms with van der Waals surface area (Å²) in [6.07, 6.45) is 4.28. The van der Waals surface area contributed by atoms with Crippen molar-refractivity contribution >= 4 is 17.4 Å². The maximum atomic E-state index is 8.83. The SMILES string of the molecule is CC(CNc1nccc(C#N)c1Cl)C1CC1. The second-order valence-electron chi connectivity index (χ2n) is 4.33. The second-order valence-corrected chi connectivity index (χ2v) is 4.71. The molecule has 1 fully saturated rings. The summed E-state index contributed by atoms with van der Waals surface area (Å²) < 4.78 is 0. The Morgan fingerprint density at radius 2 is 2.44 bits per heavy atom. The van der Waals surface area contributed by atoms with E-state index < -0.39 is 0 Å². The van der Waals surface area contributed by atoms with E-state index in [9.17, 15) is 0 Å². The summed E-state index contributed by atoms with van der Waals surface area (Å²) in [5.41, 5.74) is 0.471. The Morgan fingerprint density at radius 3 is 3.06 bits per heavy atom. The molecule has 3 nitrogen and oxygen atoms in total. The summed E-state index contributed by atoms with van der Waals surface area (Å²) >= 11 is 6.04. The third-order valence-electron chi connectivity index (χ3n) is 3.03. The molecule has 1 heterocycles. The Labute approximate surface area is 100 Å². The van der Waals surface area contributed by atoms with Crippen LogP contribution in [0.2, 0.25) is 5.02 Å². The molecular weight excluding hydrogens is 222 g/mol. The normalized spacial score (nSPS) is 16.6. The third kappa shape index (κ3) is 2.45. The van der Waals surface area contributed by atoms with E-state index in [1.165, 1.54) is 12.8 Å². The van der Waals surface area contributed by atoms with Gasteiger partial charge in [-0.15, -0.1) is 0 Å². The zero-order valence-electron chi connectivity index (χ0n) is 9.20. The highest BCUT2D eigenvalue weighted by Crippen LogP contribution is 2.36. The Kier molecular flexibility index (Phi) is 3.31. The fraction of sp³-hybridized carbons (Fsp3) is 0.500. The predicted molar refractivity (Wildman–Crippen MR) is 64.3 cm³/mol. The molecule has 0 bridgehead atoms. The first-order valence-corrected chi connectivity index (χ1v) is 5.88. The lowest BCUT2D eigenvalue weighted by atomic mass is 10.1. The van der Waals surface area contributed by atoms with Gasteiger partial charge in [0.1, 0.15) is 16.9 Å². The summed E-state index contributed by atoms with van der Waals surface area (Å²) in [4.78, 5) is 4.14. The summed E-state index contributed by atoms with van der Waals surface area (Å²) in [5, 5.41) is 12.5. The van der Waals surface area contributed by atoms with Crippen LogP contribution in [0.5, 0.6) is 0 Å². The average molecular weight is 236 g/mol. The van der Waals surface area contributed by atoms with Gasteiger partial charge in [0.15, 0.2) is 0 Å². The van der Waals surface area contributed by atoms with E-state index >= 15 is 0 Å². The van der Waals surface area contributed by atoms with Gasteiger partial charge in [-0.3, -0.25) is 0 Å². The molecule has 0 spiro atoms. The van der Waals surface area contributed by atoms with Gasteiger partial charge in [0, 0.05) is 12.7 Å². The van der Waals surface area contributed by atoms with E-state index in [0.29, 0.717) is 22.3 Å². The van der Waals surface area contributed by atoms with E-state index in [1.807, 2.05) is 6.07 Å². The molecule has 1 aromatic heterocycles. The van der Waals surface area contributed by atoms with Gasteiger partial charge in [-0.05, 0) is 30.7 Å². The molecule has 0 saturated heterocycles. The van der Waals surface area contributed by atoms with Crippen LogP contribution in [-0.4, -0.2) is 11.5 Å². The third-order valence-corrected chi connectivity index (χ3v) is 3.41. The van der Waals surface area contributed by atoms with Crippen LogP contribution in [0.3, 0.4) is 0 Å². The molecule has 16 heavy (non-hydrogen) atoms. The molecule has 1 atom stereocenters. The standard InChI is InChI=1S/C12H14ClN3/c1-8(9-2-3-9)7-16-12-11(13)10(6-14)4-5-15-12/h4-5,8-9H,2-3,7H2,1H3,(H,15,16). The van der Waals surface area contributed by atoms with Crippen molar-refractivity contribution in [2.75, 3.05) is 11.9 Å². The first kappa shape index (κ1) is 11.2. The fourth-order valence-electron chi connectivity index (χ4n) is 1.74. The van der Waals surface area contributed by atoms with Gasteiger partial charge in [0.25, 0.3) is 0 Å². The minimum Gasteiger partial charge on any atom is -0.369 e. The topological polar surface area (TPSA) is 48.7 Å². The first-order valence-electron chi connectivity index (χ1n) is 5.51. The number of hydrogen-bond acceptors (Lipinski definition) is 3. The van der Waals surface area contributed by atoms with Crippen molar-refractivity contribution in [3.8, 4) is 6.07 Å². The van der Waals surface area contributed by atoms with Crippen molar-refractivity contribution in [2.45, 2.75) is 19.8 Å². The highest BCUT2D eigenvalue weighted by atomic mass is 35.5. The highest BCUT2D eigenvalue weighted by Gasteiger charge is 2.27. The Hall–Kier alpha value is -1.27. The molecule has 1 aromatic rings. The Bertz CT molecular complexity index is 421. The van der Waals surface area contributed by atoms with Gasteiger partial charge >= 0.3 is 0 Å². The van der Waals surface area contributed by atoms with Gasteiger partial charge in [-0.1, -0.05) is 18.5 Å². The van der Waals surface area contributed by atoms with Crippen molar-refractivity contribution in [1.82, 2.24) is 4.98 Å². The predicted octanol–water partition coefficient (Wildman–Crippen LogP) is 3.06. The van der Waals surface area contributed by atoms with Gasteiger partial charge in [-0.2, -0.15) is 5.26 Å². The number of nitriles is 1. The van der Waals surface area contributed by atoms with Gasteiger partial charge in [0.05, 0.1) is 5.56 Å². The molecule has 0 radical (unpaired) electrons. The largest absolute Gasteiger partial charge is 0.369 e. The van der Waals surface area contributed by atoms with Gasteiger partial charge < -0.3 is 5.32 Å². The molecule has 0 aliphatic heterocycles. The molecule has 0 amide bonds. The first-order chi connectivity index (χ1) is 7.72. The molecule has 1 aliphatic carbocycles. The zero-order valence-corrected chi connectivity index (χ0v) is 9.96. The molecule has 4 heteroatoms. The van der Waals surface area contributed by atoms with Crippen molar-refractivity contribution in [3.63, 3.8) is 0 Å². The lowest BCUT2D eigenvalue weighted by Crippen LogP contribution is -2.14. The molecule has 0 aromatic carbocycles. The minimum absolute atomic E-state index is 0.424. The Morgan fingerprint density at radius 1 is 1.69 bits per heavy atom. The summed E-state index contributed by atoms with van der Waals surface area (Å²) in [6.45, 7) is 3.10. The zero-order chi connectivity index (χ0) is 11.5. The Balaban J connectivity index is 2.01. The van der Waals surface area contributed by atoms with Gasteiger partial charge in [-0.25, -0.2) is 4.98 Å². The maximum Gasteiger partial charge on any atom is 0.146 e. The molecular formula is C12H14ClN3. The molecule has 1 aliphatic rings. The number of nitrogens with one attached hydrogen (secondary N) is 1. The van der Waals surface area contributed by atoms with E-state index in [-0.39, 0.29) is 0 Å². The van der Waals surface area contributed by atoms with Crippen molar-refractivity contribution in [3.05, 3.63) is 22.8 Å². The summed E-state index contributed by atoms with van der Waals surface area (Å²) in [6, 6.07) is 3.67. The monoisotopic (exact) mass is 235 g/mol. The summed E-state index contributed by atoms with van der Waals surface area (Å²) in [7, 11) is 0. The lowest BCUT2D eigenvalue weighted by molar-refractivity contribution is 0.536. The smallest absolute Gasteiger partial charge is 0.146 e. The van der Waals surface area contributed by atoms with E-state index in [0.717, 1.165) is 12.5 Å². The van der Waals surface area contributed by atoms with Crippen molar-refractivity contribution < 1.29 is 0 Å². The number of anilines is 1. The van der Waals surface area contributed by atoms with Crippen LogP contribution >= 0.6 is 11.6 Å². The van der Waals surface area contributed by atoms with Crippen molar-refractivity contribution in [2.24, 2.45) is 11.8 Å². The lowest BCUT2D eigenvalue weighted by Gasteiger charge is -2.12. The van der Waals surface area contributed by atoms with E-state index in [2.05, 4.69) is 17.2 Å². The number of hydrogen-bond donors (Lipinski definition) is 1. The van der Waals surface area contributed by atoms with Crippen LogP contribution in [0.15, 0.2) is 12.3 Å². The summed E-state index contributed by atoms with van der Waals surface area (Å²) in [5.74, 6) is 2.11. The quantitative estimate of drug-likeness (QED) is 0.873. The second kappa shape index (κ2) is 4.71. The number of pyridine rings is 1. The maximum absolute atomic E-state index is 8.83. The molecule has 84 valence electrons. The minimum atomic E-state index is 0.424.